The number of carbonyl (C=O) groups is 3. The lowest BCUT2D eigenvalue weighted by molar-refractivity contribution is -0.144. The third kappa shape index (κ3) is 4.72. The van der Waals surface area contributed by atoms with Gasteiger partial charge in [0.25, 0.3) is 0 Å². The van der Waals surface area contributed by atoms with Gasteiger partial charge in [-0.2, -0.15) is 0 Å². The number of hydrogen-bond acceptors (Lipinski definition) is 5. The van der Waals surface area contributed by atoms with Crippen LogP contribution >= 0.6 is 0 Å². The topological polar surface area (TPSA) is 93.7 Å². The van der Waals surface area contributed by atoms with Crippen LogP contribution in [0.2, 0.25) is 0 Å². The van der Waals surface area contributed by atoms with Crippen LogP contribution in [-0.2, 0) is 19.1 Å². The van der Waals surface area contributed by atoms with Gasteiger partial charge in [-0.1, -0.05) is 19.8 Å². The molecule has 1 heterocycles. The van der Waals surface area contributed by atoms with Gasteiger partial charge >= 0.3 is 18.0 Å². The Labute approximate surface area is 142 Å². The molecule has 0 aromatic carbocycles. The van der Waals surface area contributed by atoms with Crippen molar-refractivity contribution in [3.63, 3.8) is 0 Å². The first kappa shape index (κ1) is 18.3. The number of urea groups is 1. The maximum absolute atomic E-state index is 12.2. The zero-order valence-corrected chi connectivity index (χ0v) is 14.4. The maximum atomic E-state index is 12.2. The van der Waals surface area contributed by atoms with Gasteiger partial charge in [0.2, 0.25) is 0 Å². The van der Waals surface area contributed by atoms with Gasteiger partial charge in [0.15, 0.2) is 0 Å². The average Bonchev–Trinajstić information content (AvgIpc) is 3.05. The zero-order chi connectivity index (χ0) is 17.5. The molecular formula is C17H26N2O5. The van der Waals surface area contributed by atoms with E-state index in [1.54, 1.807) is 6.92 Å². The lowest BCUT2D eigenvalue weighted by Gasteiger charge is -2.28. The van der Waals surface area contributed by atoms with Gasteiger partial charge in [-0.05, 0) is 32.1 Å². The van der Waals surface area contributed by atoms with E-state index in [0.717, 1.165) is 25.7 Å². The summed E-state index contributed by atoms with van der Waals surface area (Å²) in [4.78, 5) is 35.9. The number of amides is 2. The first-order valence-corrected chi connectivity index (χ1v) is 8.68. The van der Waals surface area contributed by atoms with Gasteiger partial charge in [-0.15, -0.1) is 0 Å². The SMILES string of the molecule is CCOC(=O)C1=C(COC(=O)CC2CCCC2)NC(=O)N[C@H]1CC. The molecule has 0 bridgehead atoms. The molecule has 1 atom stereocenters. The molecule has 0 aromatic heterocycles. The van der Waals surface area contributed by atoms with Crippen molar-refractivity contribution in [1.82, 2.24) is 10.6 Å². The number of ether oxygens (including phenoxy) is 2. The second-order valence-corrected chi connectivity index (χ2v) is 6.19. The summed E-state index contributed by atoms with van der Waals surface area (Å²) < 4.78 is 10.4. The van der Waals surface area contributed by atoms with Crippen molar-refractivity contribution in [2.45, 2.75) is 58.4 Å². The van der Waals surface area contributed by atoms with Crippen molar-refractivity contribution in [3.05, 3.63) is 11.3 Å². The van der Waals surface area contributed by atoms with E-state index in [9.17, 15) is 14.4 Å². The van der Waals surface area contributed by atoms with Crippen LogP contribution in [0.1, 0.15) is 52.4 Å². The Morgan fingerprint density at radius 2 is 1.88 bits per heavy atom. The Bertz CT molecular complexity index is 523. The summed E-state index contributed by atoms with van der Waals surface area (Å²) in [5.74, 6) is -0.404. The Morgan fingerprint density at radius 1 is 1.17 bits per heavy atom. The normalized spacial score (nSPS) is 21.2. The lowest BCUT2D eigenvalue weighted by Crippen LogP contribution is -2.51. The first-order chi connectivity index (χ1) is 11.5. The molecule has 1 saturated carbocycles. The largest absolute Gasteiger partial charge is 0.463 e. The van der Waals surface area contributed by atoms with Gasteiger partial charge in [0.1, 0.15) is 6.61 Å². The molecule has 7 heteroatoms. The molecule has 2 rings (SSSR count). The van der Waals surface area contributed by atoms with E-state index in [0.29, 0.717) is 30.0 Å². The summed E-state index contributed by atoms with van der Waals surface area (Å²) in [5, 5.41) is 5.25. The zero-order valence-electron chi connectivity index (χ0n) is 14.4. The molecular weight excluding hydrogens is 312 g/mol. The van der Waals surface area contributed by atoms with Crippen LogP contribution in [0.4, 0.5) is 4.79 Å². The van der Waals surface area contributed by atoms with Crippen molar-refractivity contribution in [2.75, 3.05) is 13.2 Å². The van der Waals surface area contributed by atoms with Crippen molar-refractivity contribution in [2.24, 2.45) is 5.92 Å². The van der Waals surface area contributed by atoms with Crippen LogP contribution < -0.4 is 10.6 Å². The smallest absolute Gasteiger partial charge is 0.338 e. The highest BCUT2D eigenvalue weighted by Crippen LogP contribution is 2.27. The molecule has 24 heavy (non-hydrogen) atoms. The maximum Gasteiger partial charge on any atom is 0.338 e. The minimum absolute atomic E-state index is 0.121. The van der Waals surface area contributed by atoms with Crippen LogP contribution in [-0.4, -0.2) is 37.2 Å². The standard InChI is InChI=1S/C17H26N2O5/c1-3-12-15(16(21)23-4-2)13(19-17(22)18-12)10-24-14(20)9-11-7-5-6-8-11/h11-12H,3-10H2,1-2H3,(H2,18,19,22)/t12-/m0/s1. The van der Waals surface area contributed by atoms with Gasteiger partial charge in [-0.25, -0.2) is 9.59 Å². The van der Waals surface area contributed by atoms with Gasteiger partial charge in [0.05, 0.1) is 23.9 Å². The van der Waals surface area contributed by atoms with Gasteiger partial charge in [-0.3, -0.25) is 4.79 Å². The summed E-state index contributed by atoms with van der Waals surface area (Å²) in [7, 11) is 0. The summed E-state index contributed by atoms with van der Waals surface area (Å²) in [5.41, 5.74) is 0.636. The van der Waals surface area contributed by atoms with Gasteiger partial charge < -0.3 is 20.1 Å². The van der Waals surface area contributed by atoms with E-state index in [4.69, 9.17) is 9.47 Å². The Kier molecular flexibility index (Phi) is 6.63. The molecule has 0 radical (unpaired) electrons. The number of rotatable bonds is 7. The first-order valence-electron chi connectivity index (χ1n) is 8.68. The number of nitrogens with one attached hydrogen (secondary N) is 2. The molecule has 0 saturated heterocycles. The lowest BCUT2D eigenvalue weighted by atomic mass is 10.0. The Hall–Kier alpha value is -2.05. The second-order valence-electron chi connectivity index (χ2n) is 6.19. The fourth-order valence-corrected chi connectivity index (χ4v) is 3.24. The molecule has 1 fully saturated rings. The predicted octanol–water partition coefficient (Wildman–Crippen LogP) is 2.02. The number of esters is 2. The van der Waals surface area contributed by atoms with E-state index in [1.807, 2.05) is 6.92 Å². The van der Waals surface area contributed by atoms with E-state index in [1.165, 1.54) is 0 Å². The third-order valence-electron chi connectivity index (χ3n) is 4.45. The second kappa shape index (κ2) is 8.70. The van der Waals surface area contributed by atoms with Crippen molar-refractivity contribution in [1.29, 1.82) is 0 Å². The molecule has 1 aliphatic heterocycles. The van der Waals surface area contributed by atoms with Crippen LogP contribution in [0.15, 0.2) is 11.3 Å². The quantitative estimate of drug-likeness (QED) is 0.693. The summed E-state index contributed by atoms with van der Waals surface area (Å²) in [6.45, 7) is 3.69. The van der Waals surface area contributed by atoms with Crippen molar-refractivity contribution in [3.8, 4) is 0 Å². The molecule has 1 aliphatic carbocycles. The fraction of sp³-hybridized carbons (Fsp3) is 0.706. The van der Waals surface area contributed by atoms with Crippen LogP contribution in [0.3, 0.4) is 0 Å². The highest BCUT2D eigenvalue weighted by Gasteiger charge is 2.32. The van der Waals surface area contributed by atoms with Crippen LogP contribution in [0, 0.1) is 5.92 Å². The molecule has 0 unspecified atom stereocenters. The third-order valence-corrected chi connectivity index (χ3v) is 4.45. The molecule has 2 N–H and O–H groups in total. The number of carbonyl (C=O) groups excluding carboxylic acids is 3. The molecule has 7 nitrogen and oxygen atoms in total. The minimum Gasteiger partial charge on any atom is -0.463 e. The van der Waals surface area contributed by atoms with Crippen LogP contribution in [0.5, 0.6) is 0 Å². The van der Waals surface area contributed by atoms with Crippen molar-refractivity contribution >= 4 is 18.0 Å². The fourth-order valence-electron chi connectivity index (χ4n) is 3.24. The number of hydrogen-bond donors (Lipinski definition) is 2. The molecule has 0 aromatic rings. The van der Waals surface area contributed by atoms with Crippen molar-refractivity contribution < 1.29 is 23.9 Å². The minimum atomic E-state index is -0.501. The van der Waals surface area contributed by atoms with E-state index in [-0.39, 0.29) is 19.2 Å². The van der Waals surface area contributed by atoms with Gasteiger partial charge in [0, 0.05) is 6.42 Å². The van der Waals surface area contributed by atoms with E-state index >= 15 is 0 Å². The summed E-state index contributed by atoms with van der Waals surface area (Å²) in [6, 6.07) is -0.849. The molecule has 0 spiro atoms. The highest BCUT2D eigenvalue weighted by molar-refractivity contribution is 5.94. The summed E-state index contributed by atoms with van der Waals surface area (Å²) >= 11 is 0. The summed E-state index contributed by atoms with van der Waals surface area (Å²) in [6.07, 6.45) is 5.38. The predicted molar refractivity (Wildman–Crippen MR) is 86.9 cm³/mol. The molecule has 2 amide bonds. The Balaban J connectivity index is 2.04. The van der Waals surface area contributed by atoms with Crippen LogP contribution in [0.25, 0.3) is 0 Å². The molecule has 2 aliphatic rings. The van der Waals surface area contributed by atoms with E-state index < -0.39 is 18.0 Å². The Morgan fingerprint density at radius 3 is 2.50 bits per heavy atom. The van der Waals surface area contributed by atoms with E-state index in [2.05, 4.69) is 10.6 Å². The average molecular weight is 338 g/mol. The molecule has 134 valence electrons. The monoisotopic (exact) mass is 338 g/mol. The highest BCUT2D eigenvalue weighted by atomic mass is 16.5.